The maximum atomic E-state index is 12.0. The van der Waals surface area contributed by atoms with Gasteiger partial charge in [-0.15, -0.1) is 0 Å². The number of nitrogens with zero attached hydrogens (tertiary/aromatic N) is 3. The summed E-state index contributed by atoms with van der Waals surface area (Å²) in [6, 6.07) is 10.7. The first-order valence-electron chi connectivity index (χ1n) is 7.77. The average molecular weight is 352 g/mol. The van der Waals surface area contributed by atoms with Gasteiger partial charge >= 0.3 is 6.09 Å². The maximum Gasteiger partial charge on any atom is 0.417 e. The van der Waals surface area contributed by atoms with Crippen LogP contribution < -0.4 is 10.1 Å². The summed E-state index contributed by atoms with van der Waals surface area (Å²) in [7, 11) is 0. The topological polar surface area (TPSA) is 99.3 Å². The molecule has 2 aromatic carbocycles. The largest absolute Gasteiger partial charge is 0.417 e. The fraction of sp³-hybridized carbons (Fsp3) is 0.111. The summed E-state index contributed by atoms with van der Waals surface area (Å²) in [5.74, 6) is 0.218. The van der Waals surface area contributed by atoms with Gasteiger partial charge in [0, 0.05) is 29.7 Å². The molecule has 1 aromatic heterocycles. The Labute approximate surface area is 149 Å². The molecule has 8 nitrogen and oxygen atoms in total. The van der Waals surface area contributed by atoms with Gasteiger partial charge in [-0.05, 0) is 49.7 Å². The number of carbonyl (C=O) groups excluding carboxylic acids is 1. The number of carbonyl (C=O) groups is 1. The van der Waals surface area contributed by atoms with E-state index in [1.165, 1.54) is 24.3 Å². The number of hydrogen-bond acceptors (Lipinski definition) is 5. The van der Waals surface area contributed by atoms with Crippen molar-refractivity contribution in [2.24, 2.45) is 0 Å². The highest BCUT2D eigenvalue weighted by molar-refractivity contribution is 5.86. The van der Waals surface area contributed by atoms with Crippen LogP contribution >= 0.6 is 0 Å². The molecule has 1 N–H and O–H groups in total. The summed E-state index contributed by atoms with van der Waals surface area (Å²) >= 11 is 0. The summed E-state index contributed by atoms with van der Waals surface area (Å²) in [6.07, 6.45) is 2.97. The monoisotopic (exact) mass is 352 g/mol. The van der Waals surface area contributed by atoms with Crippen LogP contribution in [0.1, 0.15) is 11.3 Å². The SMILES string of the molecule is Cc1cn(-c2ccc(NC(=O)Oc3ccc([N+](=O)[O-])cc3)cc2C)cn1. The van der Waals surface area contributed by atoms with Crippen LogP contribution in [0, 0.1) is 24.0 Å². The van der Waals surface area contributed by atoms with Crippen LogP contribution in [-0.2, 0) is 0 Å². The van der Waals surface area contributed by atoms with E-state index in [1.807, 2.05) is 36.7 Å². The minimum absolute atomic E-state index is 0.0706. The van der Waals surface area contributed by atoms with Gasteiger partial charge in [-0.3, -0.25) is 15.4 Å². The van der Waals surface area contributed by atoms with Crippen molar-refractivity contribution in [3.63, 3.8) is 0 Å². The third kappa shape index (κ3) is 3.86. The van der Waals surface area contributed by atoms with Gasteiger partial charge in [0.1, 0.15) is 5.75 Å². The van der Waals surface area contributed by atoms with Gasteiger partial charge in [0.25, 0.3) is 5.69 Å². The molecule has 3 aromatic rings. The molecule has 0 aliphatic rings. The maximum absolute atomic E-state index is 12.0. The van der Waals surface area contributed by atoms with E-state index < -0.39 is 11.0 Å². The number of rotatable bonds is 4. The van der Waals surface area contributed by atoms with Crippen molar-refractivity contribution in [1.82, 2.24) is 9.55 Å². The third-order valence-corrected chi connectivity index (χ3v) is 3.69. The number of nitrogens with one attached hydrogen (secondary N) is 1. The Kier molecular flexibility index (Phi) is 4.66. The summed E-state index contributed by atoms with van der Waals surface area (Å²) in [5, 5.41) is 13.3. The number of nitro groups is 1. The van der Waals surface area contributed by atoms with Crippen LogP contribution in [0.5, 0.6) is 5.75 Å². The number of anilines is 1. The van der Waals surface area contributed by atoms with Crippen LogP contribution in [0.2, 0.25) is 0 Å². The van der Waals surface area contributed by atoms with E-state index in [0.29, 0.717) is 5.69 Å². The van der Waals surface area contributed by atoms with Gasteiger partial charge in [-0.2, -0.15) is 0 Å². The van der Waals surface area contributed by atoms with Crippen molar-refractivity contribution in [2.75, 3.05) is 5.32 Å². The van der Waals surface area contributed by atoms with E-state index >= 15 is 0 Å². The molecule has 0 aliphatic carbocycles. The molecule has 8 heteroatoms. The lowest BCUT2D eigenvalue weighted by molar-refractivity contribution is -0.384. The summed E-state index contributed by atoms with van der Waals surface area (Å²) < 4.78 is 7.03. The highest BCUT2D eigenvalue weighted by atomic mass is 16.6. The zero-order valence-electron chi connectivity index (χ0n) is 14.2. The van der Waals surface area contributed by atoms with Gasteiger partial charge in [-0.25, -0.2) is 9.78 Å². The van der Waals surface area contributed by atoms with Crippen molar-refractivity contribution < 1.29 is 14.5 Å². The molecule has 0 spiro atoms. The lowest BCUT2D eigenvalue weighted by atomic mass is 10.1. The van der Waals surface area contributed by atoms with E-state index in [9.17, 15) is 14.9 Å². The lowest BCUT2D eigenvalue weighted by Crippen LogP contribution is -2.16. The zero-order chi connectivity index (χ0) is 18.7. The molecule has 0 saturated carbocycles. The van der Waals surface area contributed by atoms with E-state index in [-0.39, 0.29) is 11.4 Å². The Morgan fingerprint density at radius 3 is 2.50 bits per heavy atom. The number of imidazole rings is 1. The molecule has 0 bridgehead atoms. The molecule has 0 aliphatic heterocycles. The molecule has 0 fully saturated rings. The Morgan fingerprint density at radius 2 is 1.92 bits per heavy atom. The van der Waals surface area contributed by atoms with E-state index in [4.69, 9.17) is 4.74 Å². The van der Waals surface area contributed by atoms with Crippen molar-refractivity contribution in [3.8, 4) is 11.4 Å². The van der Waals surface area contributed by atoms with E-state index in [0.717, 1.165) is 16.9 Å². The smallest absolute Gasteiger partial charge is 0.410 e. The van der Waals surface area contributed by atoms with Gasteiger partial charge in [0.2, 0.25) is 0 Å². The standard InChI is InChI=1S/C18H16N4O4/c1-12-9-14(3-8-17(12)21-10-13(2)19-11-21)20-18(23)26-16-6-4-15(5-7-16)22(24)25/h3-11H,1-2H3,(H,20,23). The minimum Gasteiger partial charge on any atom is -0.410 e. The van der Waals surface area contributed by atoms with Crippen molar-refractivity contribution in [1.29, 1.82) is 0 Å². The van der Waals surface area contributed by atoms with Crippen molar-refractivity contribution in [2.45, 2.75) is 13.8 Å². The molecule has 0 radical (unpaired) electrons. The van der Waals surface area contributed by atoms with Crippen LogP contribution in [0.15, 0.2) is 55.0 Å². The van der Waals surface area contributed by atoms with Crippen molar-refractivity contribution in [3.05, 3.63) is 76.4 Å². The Bertz CT molecular complexity index is 964. The van der Waals surface area contributed by atoms with Gasteiger partial charge in [0.15, 0.2) is 0 Å². The Hall–Kier alpha value is -3.68. The highest BCUT2D eigenvalue weighted by Crippen LogP contribution is 2.21. The first kappa shape index (κ1) is 17.2. The van der Waals surface area contributed by atoms with Crippen molar-refractivity contribution >= 4 is 17.5 Å². The number of nitro benzene ring substituents is 1. The number of benzene rings is 2. The fourth-order valence-corrected chi connectivity index (χ4v) is 2.46. The fourth-order valence-electron chi connectivity index (χ4n) is 2.46. The molecule has 1 heterocycles. The molecular formula is C18H16N4O4. The van der Waals surface area contributed by atoms with Crippen LogP contribution in [0.25, 0.3) is 5.69 Å². The van der Waals surface area contributed by atoms with Crippen LogP contribution in [0.4, 0.5) is 16.2 Å². The molecule has 0 unspecified atom stereocenters. The van der Waals surface area contributed by atoms with Gasteiger partial charge in [0.05, 0.1) is 16.9 Å². The van der Waals surface area contributed by atoms with Gasteiger partial charge < -0.3 is 9.30 Å². The molecule has 3 rings (SSSR count). The molecule has 132 valence electrons. The third-order valence-electron chi connectivity index (χ3n) is 3.69. The number of ether oxygens (including phenoxy) is 1. The molecule has 0 atom stereocenters. The van der Waals surface area contributed by atoms with Gasteiger partial charge in [-0.1, -0.05) is 0 Å². The summed E-state index contributed by atoms with van der Waals surface area (Å²) in [5.41, 5.74) is 3.34. The normalized spacial score (nSPS) is 10.4. The number of aromatic nitrogens is 2. The molecule has 1 amide bonds. The summed E-state index contributed by atoms with van der Waals surface area (Å²) in [6.45, 7) is 3.84. The zero-order valence-corrected chi connectivity index (χ0v) is 14.2. The highest BCUT2D eigenvalue weighted by Gasteiger charge is 2.10. The number of aryl methyl sites for hydroxylation is 2. The Balaban J connectivity index is 1.67. The molecule has 26 heavy (non-hydrogen) atoms. The average Bonchev–Trinajstić information content (AvgIpc) is 3.01. The lowest BCUT2D eigenvalue weighted by Gasteiger charge is -2.10. The second-order valence-corrected chi connectivity index (χ2v) is 5.69. The number of amides is 1. The minimum atomic E-state index is -0.676. The summed E-state index contributed by atoms with van der Waals surface area (Å²) in [4.78, 5) is 26.3. The second-order valence-electron chi connectivity index (χ2n) is 5.69. The second kappa shape index (κ2) is 7.06. The predicted octanol–water partition coefficient (Wildman–Crippen LogP) is 4.01. The quantitative estimate of drug-likeness (QED) is 0.565. The van der Waals surface area contributed by atoms with E-state index in [1.54, 1.807) is 12.4 Å². The van der Waals surface area contributed by atoms with E-state index in [2.05, 4.69) is 10.3 Å². The molecular weight excluding hydrogens is 336 g/mol. The predicted molar refractivity (Wildman–Crippen MR) is 95.8 cm³/mol. The van der Waals surface area contributed by atoms with Crippen LogP contribution in [0.3, 0.4) is 0 Å². The number of non-ortho nitro benzene ring substituents is 1. The Morgan fingerprint density at radius 1 is 1.19 bits per heavy atom. The molecule has 0 saturated heterocycles. The first-order chi connectivity index (χ1) is 12.4. The first-order valence-corrected chi connectivity index (χ1v) is 7.77. The number of hydrogen-bond donors (Lipinski definition) is 1. The van der Waals surface area contributed by atoms with Crippen LogP contribution in [-0.4, -0.2) is 20.6 Å².